The van der Waals surface area contributed by atoms with Gasteiger partial charge in [-0.05, 0) is 42.3 Å². The van der Waals surface area contributed by atoms with Crippen molar-refractivity contribution in [2.24, 2.45) is 0 Å². The molecule has 0 spiro atoms. The number of amides is 1. The normalized spacial score (nSPS) is 10.4. The lowest BCUT2D eigenvalue weighted by Gasteiger charge is -2.20. The molecule has 2 rings (SSSR count). The Morgan fingerprint density at radius 3 is 2.73 bits per heavy atom. The largest absolute Gasteiger partial charge is 0.495 e. The van der Waals surface area contributed by atoms with Crippen LogP contribution in [0, 0.1) is 5.82 Å². The molecule has 3 nitrogen and oxygen atoms in total. The molecule has 0 N–H and O–H groups in total. The van der Waals surface area contributed by atoms with Crippen molar-refractivity contribution in [2.45, 2.75) is 12.8 Å². The standard InChI is InChI=1S/C17H17ClFNO2/c1-20(15-11-13(18)7-8-16(15)22-2)17(21)9-6-12-4-3-5-14(19)10-12/h3-5,7-8,10-11H,6,9H2,1-2H3. The van der Waals surface area contributed by atoms with Gasteiger partial charge in [0.2, 0.25) is 5.91 Å². The number of halogens is 2. The Labute approximate surface area is 134 Å². The van der Waals surface area contributed by atoms with Gasteiger partial charge in [0.05, 0.1) is 12.8 Å². The van der Waals surface area contributed by atoms with Crippen LogP contribution in [0.3, 0.4) is 0 Å². The molecule has 0 fully saturated rings. The van der Waals surface area contributed by atoms with Gasteiger partial charge in [-0.25, -0.2) is 4.39 Å². The zero-order valence-corrected chi connectivity index (χ0v) is 13.2. The third kappa shape index (κ3) is 3.98. The van der Waals surface area contributed by atoms with Crippen LogP contribution in [0.5, 0.6) is 5.75 Å². The van der Waals surface area contributed by atoms with Gasteiger partial charge in [-0.3, -0.25) is 4.79 Å². The summed E-state index contributed by atoms with van der Waals surface area (Å²) in [7, 11) is 3.21. The van der Waals surface area contributed by atoms with Crippen molar-refractivity contribution in [3.8, 4) is 5.75 Å². The predicted molar refractivity (Wildman–Crippen MR) is 86.1 cm³/mol. The molecule has 0 aliphatic carbocycles. The summed E-state index contributed by atoms with van der Waals surface area (Å²) in [6.45, 7) is 0. The molecule has 0 saturated carbocycles. The summed E-state index contributed by atoms with van der Waals surface area (Å²) < 4.78 is 18.4. The molecule has 1 amide bonds. The monoisotopic (exact) mass is 321 g/mol. The van der Waals surface area contributed by atoms with E-state index < -0.39 is 0 Å². The number of carbonyl (C=O) groups is 1. The van der Waals surface area contributed by atoms with Crippen molar-refractivity contribution in [2.75, 3.05) is 19.1 Å². The maximum Gasteiger partial charge on any atom is 0.227 e. The molecule has 0 aromatic heterocycles. The Hall–Kier alpha value is -2.07. The van der Waals surface area contributed by atoms with E-state index in [0.29, 0.717) is 22.9 Å². The fourth-order valence-corrected chi connectivity index (χ4v) is 2.34. The number of nitrogens with zero attached hydrogens (tertiary/aromatic N) is 1. The fourth-order valence-electron chi connectivity index (χ4n) is 2.17. The molecule has 0 bridgehead atoms. The van der Waals surface area contributed by atoms with Crippen LogP contribution in [0.1, 0.15) is 12.0 Å². The molecular weight excluding hydrogens is 305 g/mol. The summed E-state index contributed by atoms with van der Waals surface area (Å²) in [5.74, 6) is 0.186. The van der Waals surface area contributed by atoms with Gasteiger partial charge >= 0.3 is 0 Å². The van der Waals surface area contributed by atoms with Gasteiger partial charge in [0.15, 0.2) is 0 Å². The topological polar surface area (TPSA) is 29.5 Å². The van der Waals surface area contributed by atoms with Crippen LogP contribution in [0.2, 0.25) is 5.02 Å². The minimum absolute atomic E-state index is 0.0928. The quantitative estimate of drug-likeness (QED) is 0.830. The number of carbonyl (C=O) groups excluding carboxylic acids is 1. The number of hydrogen-bond acceptors (Lipinski definition) is 2. The van der Waals surface area contributed by atoms with Crippen LogP contribution in [-0.4, -0.2) is 20.1 Å². The molecule has 0 saturated heterocycles. The first kappa shape index (κ1) is 16.3. The van der Waals surface area contributed by atoms with Crippen LogP contribution in [0.15, 0.2) is 42.5 Å². The number of benzene rings is 2. The highest BCUT2D eigenvalue weighted by molar-refractivity contribution is 6.31. The zero-order valence-electron chi connectivity index (χ0n) is 12.5. The maximum atomic E-state index is 13.1. The highest BCUT2D eigenvalue weighted by Gasteiger charge is 2.15. The second-order valence-electron chi connectivity index (χ2n) is 4.90. The number of hydrogen-bond donors (Lipinski definition) is 0. The molecule has 0 aliphatic rings. The van der Waals surface area contributed by atoms with E-state index in [4.69, 9.17) is 16.3 Å². The first-order chi connectivity index (χ1) is 10.5. The SMILES string of the molecule is COc1ccc(Cl)cc1N(C)C(=O)CCc1cccc(F)c1. The van der Waals surface area contributed by atoms with Crippen molar-refractivity contribution in [1.82, 2.24) is 0 Å². The van der Waals surface area contributed by atoms with Gasteiger partial charge in [-0.1, -0.05) is 23.7 Å². The van der Waals surface area contributed by atoms with Crippen LogP contribution in [-0.2, 0) is 11.2 Å². The molecule has 2 aromatic rings. The summed E-state index contributed by atoms with van der Waals surface area (Å²) >= 11 is 5.98. The van der Waals surface area contributed by atoms with E-state index >= 15 is 0 Å². The van der Waals surface area contributed by atoms with Gasteiger partial charge in [0.1, 0.15) is 11.6 Å². The molecule has 0 aliphatic heterocycles. The van der Waals surface area contributed by atoms with Crippen molar-refractivity contribution in [1.29, 1.82) is 0 Å². The maximum absolute atomic E-state index is 13.1. The molecule has 0 heterocycles. The molecule has 0 radical (unpaired) electrons. The number of methoxy groups -OCH3 is 1. The second kappa shape index (κ2) is 7.27. The van der Waals surface area contributed by atoms with E-state index in [-0.39, 0.29) is 18.1 Å². The number of aryl methyl sites for hydroxylation is 1. The molecule has 0 unspecified atom stereocenters. The summed E-state index contributed by atoms with van der Waals surface area (Å²) in [4.78, 5) is 13.8. The van der Waals surface area contributed by atoms with Crippen LogP contribution in [0.4, 0.5) is 10.1 Å². The smallest absolute Gasteiger partial charge is 0.227 e. The van der Waals surface area contributed by atoms with E-state index in [1.807, 2.05) is 0 Å². The molecular formula is C17H17ClFNO2. The van der Waals surface area contributed by atoms with Gasteiger partial charge in [0.25, 0.3) is 0 Å². The lowest BCUT2D eigenvalue weighted by atomic mass is 10.1. The third-order valence-corrected chi connectivity index (χ3v) is 3.63. The molecule has 116 valence electrons. The molecule has 22 heavy (non-hydrogen) atoms. The predicted octanol–water partition coefficient (Wildman–Crippen LogP) is 4.08. The summed E-state index contributed by atoms with van der Waals surface area (Å²) in [5.41, 5.74) is 1.40. The zero-order chi connectivity index (χ0) is 16.1. The average Bonchev–Trinajstić information content (AvgIpc) is 2.52. The Kier molecular flexibility index (Phi) is 5.39. The minimum Gasteiger partial charge on any atom is -0.495 e. The highest BCUT2D eigenvalue weighted by Crippen LogP contribution is 2.30. The first-order valence-electron chi connectivity index (χ1n) is 6.86. The van der Waals surface area contributed by atoms with Crippen molar-refractivity contribution in [3.05, 3.63) is 58.9 Å². The fraction of sp³-hybridized carbons (Fsp3) is 0.235. The van der Waals surface area contributed by atoms with Crippen LogP contribution >= 0.6 is 11.6 Å². The Morgan fingerprint density at radius 1 is 1.27 bits per heavy atom. The summed E-state index contributed by atoms with van der Waals surface area (Å²) in [6.07, 6.45) is 0.749. The first-order valence-corrected chi connectivity index (χ1v) is 7.23. The van der Waals surface area contributed by atoms with Crippen molar-refractivity contribution < 1.29 is 13.9 Å². The highest BCUT2D eigenvalue weighted by atomic mass is 35.5. The molecule has 2 aromatic carbocycles. The van der Waals surface area contributed by atoms with Gasteiger partial charge < -0.3 is 9.64 Å². The minimum atomic E-state index is -0.296. The number of rotatable bonds is 5. The Bertz CT molecular complexity index is 675. The van der Waals surface area contributed by atoms with Gasteiger partial charge in [-0.2, -0.15) is 0 Å². The molecule has 5 heteroatoms. The average molecular weight is 322 g/mol. The van der Waals surface area contributed by atoms with E-state index in [1.165, 1.54) is 24.1 Å². The van der Waals surface area contributed by atoms with Crippen molar-refractivity contribution >= 4 is 23.2 Å². The lowest BCUT2D eigenvalue weighted by molar-refractivity contribution is -0.118. The van der Waals surface area contributed by atoms with Gasteiger partial charge in [0, 0.05) is 18.5 Å². The van der Waals surface area contributed by atoms with E-state index in [1.54, 1.807) is 37.4 Å². The summed E-state index contributed by atoms with van der Waals surface area (Å²) in [6, 6.07) is 11.4. The summed E-state index contributed by atoms with van der Waals surface area (Å²) in [5, 5.41) is 0.528. The second-order valence-corrected chi connectivity index (χ2v) is 5.34. The van der Waals surface area contributed by atoms with E-state index in [9.17, 15) is 9.18 Å². The van der Waals surface area contributed by atoms with E-state index in [2.05, 4.69) is 0 Å². The van der Waals surface area contributed by atoms with E-state index in [0.717, 1.165) is 5.56 Å². The van der Waals surface area contributed by atoms with Crippen LogP contribution < -0.4 is 9.64 Å². The third-order valence-electron chi connectivity index (χ3n) is 3.39. The van der Waals surface area contributed by atoms with Crippen LogP contribution in [0.25, 0.3) is 0 Å². The Morgan fingerprint density at radius 2 is 2.05 bits per heavy atom. The van der Waals surface area contributed by atoms with Gasteiger partial charge in [-0.15, -0.1) is 0 Å². The molecule has 0 atom stereocenters. The Balaban J connectivity index is 2.07. The van der Waals surface area contributed by atoms with Crippen molar-refractivity contribution in [3.63, 3.8) is 0 Å². The number of anilines is 1. The lowest BCUT2D eigenvalue weighted by Crippen LogP contribution is -2.26. The number of ether oxygens (including phenoxy) is 1.